The lowest BCUT2D eigenvalue weighted by molar-refractivity contribution is -0.147. The maximum atomic E-state index is 12.9. The third-order valence-electron chi connectivity index (χ3n) is 5.48. The Morgan fingerprint density at radius 3 is 2.77 bits per heavy atom. The lowest BCUT2D eigenvalue weighted by Gasteiger charge is -2.39. The largest absolute Gasteiger partial charge is 0.372 e. The topological polar surface area (TPSA) is 61.8 Å². The average molecular weight is 361 g/mol. The number of carbonyl (C=O) groups excluding carboxylic acids is 1. The molecule has 3 rings (SSSR count). The predicted molar refractivity (Wildman–Crippen MR) is 101 cm³/mol. The van der Waals surface area contributed by atoms with Gasteiger partial charge in [0.2, 0.25) is 5.91 Å². The van der Waals surface area contributed by atoms with Gasteiger partial charge in [-0.25, -0.2) is 0 Å². The van der Waals surface area contributed by atoms with E-state index < -0.39 is 0 Å². The zero-order valence-electron chi connectivity index (χ0n) is 16.3. The second-order valence-corrected chi connectivity index (χ2v) is 7.69. The van der Waals surface area contributed by atoms with Gasteiger partial charge in [0.1, 0.15) is 0 Å². The van der Waals surface area contributed by atoms with Crippen molar-refractivity contribution in [3.05, 3.63) is 18.3 Å². The molecule has 4 unspecified atom stereocenters. The van der Waals surface area contributed by atoms with Crippen molar-refractivity contribution in [2.24, 2.45) is 0 Å². The average Bonchev–Trinajstić information content (AvgIpc) is 3.08. The number of hydrogen-bond donors (Lipinski definition) is 0. The molecule has 0 radical (unpaired) electrons. The van der Waals surface area contributed by atoms with Crippen molar-refractivity contribution >= 4 is 11.7 Å². The number of hydrogen-bond acceptors (Lipinski definition) is 6. The molecule has 0 bridgehead atoms. The maximum absolute atomic E-state index is 12.9. The maximum Gasteiger partial charge on any atom is 0.239 e. The number of amides is 1. The number of likely N-dealkylation sites (N-methyl/N-ethyl adjacent to an activating group) is 1. The fraction of sp³-hybridized carbons (Fsp3) is 0.737. The van der Waals surface area contributed by atoms with Crippen molar-refractivity contribution < 1.29 is 9.53 Å². The van der Waals surface area contributed by atoms with E-state index in [0.29, 0.717) is 19.1 Å². The molecule has 1 amide bonds. The Morgan fingerprint density at radius 2 is 2.12 bits per heavy atom. The number of carbonyl (C=O) groups is 1. The van der Waals surface area contributed by atoms with Crippen LogP contribution in [0.15, 0.2) is 18.3 Å². The summed E-state index contributed by atoms with van der Waals surface area (Å²) in [4.78, 5) is 19.4. The van der Waals surface area contributed by atoms with Gasteiger partial charge in [0, 0.05) is 38.4 Å². The molecule has 0 N–H and O–H groups in total. The second-order valence-electron chi connectivity index (χ2n) is 7.69. The highest BCUT2D eigenvalue weighted by molar-refractivity contribution is 5.81. The highest BCUT2D eigenvalue weighted by Crippen LogP contribution is 2.24. The number of nitrogens with zero attached hydrogens (tertiary/aromatic N) is 5. The molecule has 26 heavy (non-hydrogen) atoms. The monoisotopic (exact) mass is 361 g/mol. The van der Waals surface area contributed by atoms with Gasteiger partial charge in [-0.05, 0) is 52.8 Å². The Hall–Kier alpha value is -1.73. The van der Waals surface area contributed by atoms with Crippen LogP contribution in [0.4, 0.5) is 5.82 Å². The SMILES string of the molecule is CC1CN(C(=O)C(C)N(C)CC2CCCN2c2cccnn2)CC(C)O1. The molecule has 2 fully saturated rings. The summed E-state index contributed by atoms with van der Waals surface area (Å²) in [6.45, 7) is 9.27. The Kier molecular flexibility index (Phi) is 6.09. The second kappa shape index (κ2) is 8.31. The molecule has 7 nitrogen and oxygen atoms in total. The molecule has 0 spiro atoms. The van der Waals surface area contributed by atoms with Gasteiger partial charge >= 0.3 is 0 Å². The Balaban J connectivity index is 1.59. The Bertz CT molecular complexity index is 589. The van der Waals surface area contributed by atoms with Crippen LogP contribution in [0, 0.1) is 0 Å². The third kappa shape index (κ3) is 4.32. The molecule has 7 heteroatoms. The van der Waals surface area contributed by atoms with Gasteiger partial charge in [0.05, 0.1) is 18.2 Å². The van der Waals surface area contributed by atoms with Gasteiger partial charge in [-0.15, -0.1) is 5.10 Å². The van der Waals surface area contributed by atoms with E-state index in [1.807, 2.05) is 44.9 Å². The molecule has 0 saturated carbocycles. The van der Waals surface area contributed by atoms with Crippen LogP contribution in [0.25, 0.3) is 0 Å². The summed E-state index contributed by atoms with van der Waals surface area (Å²) >= 11 is 0. The number of morpholine rings is 1. The highest BCUT2D eigenvalue weighted by Gasteiger charge is 2.33. The first-order valence-electron chi connectivity index (χ1n) is 9.64. The van der Waals surface area contributed by atoms with E-state index in [2.05, 4.69) is 20.0 Å². The van der Waals surface area contributed by atoms with Crippen LogP contribution in [0.1, 0.15) is 33.6 Å². The standard InChI is InChI=1S/C19H31N5O2/c1-14-11-23(12-15(2)26-14)19(25)16(3)22(4)13-17-7-6-10-24(17)18-8-5-9-20-21-18/h5,8-9,14-17H,6-7,10-13H2,1-4H3. The lowest BCUT2D eigenvalue weighted by Crippen LogP contribution is -2.55. The molecule has 3 heterocycles. The smallest absolute Gasteiger partial charge is 0.239 e. The van der Waals surface area contributed by atoms with Crippen LogP contribution < -0.4 is 4.90 Å². The quantitative estimate of drug-likeness (QED) is 0.790. The van der Waals surface area contributed by atoms with Gasteiger partial charge in [-0.2, -0.15) is 5.10 Å². The highest BCUT2D eigenvalue weighted by atomic mass is 16.5. The lowest BCUT2D eigenvalue weighted by atomic mass is 10.1. The summed E-state index contributed by atoms with van der Waals surface area (Å²) in [6, 6.07) is 4.16. The summed E-state index contributed by atoms with van der Waals surface area (Å²) in [5, 5.41) is 8.26. The molecular weight excluding hydrogens is 330 g/mol. The van der Waals surface area contributed by atoms with Gasteiger partial charge in [-0.3, -0.25) is 9.69 Å². The summed E-state index contributed by atoms with van der Waals surface area (Å²) in [7, 11) is 2.04. The fourth-order valence-electron chi connectivity index (χ4n) is 4.07. The molecule has 4 atom stereocenters. The third-order valence-corrected chi connectivity index (χ3v) is 5.48. The summed E-state index contributed by atoms with van der Waals surface area (Å²) in [5.41, 5.74) is 0. The minimum atomic E-state index is -0.142. The van der Waals surface area contributed by atoms with Crippen molar-refractivity contribution in [3.8, 4) is 0 Å². The van der Waals surface area contributed by atoms with Gasteiger partial charge in [0.25, 0.3) is 0 Å². The minimum Gasteiger partial charge on any atom is -0.372 e. The normalized spacial score (nSPS) is 27.8. The number of anilines is 1. The molecular formula is C19H31N5O2. The molecule has 1 aromatic rings. The van der Waals surface area contributed by atoms with Gasteiger partial charge in [-0.1, -0.05) is 0 Å². The number of ether oxygens (including phenoxy) is 1. The fourth-order valence-corrected chi connectivity index (χ4v) is 4.07. The predicted octanol–water partition coefficient (Wildman–Crippen LogP) is 1.40. The van der Waals surface area contributed by atoms with E-state index in [9.17, 15) is 4.79 Å². The van der Waals surface area contributed by atoms with Crippen LogP contribution in [0.3, 0.4) is 0 Å². The summed E-state index contributed by atoms with van der Waals surface area (Å²) in [6.07, 6.45) is 4.17. The van der Waals surface area contributed by atoms with Crippen LogP contribution in [-0.2, 0) is 9.53 Å². The van der Waals surface area contributed by atoms with Crippen molar-refractivity contribution in [1.82, 2.24) is 20.0 Å². The summed E-state index contributed by atoms with van der Waals surface area (Å²) < 4.78 is 5.75. The van der Waals surface area contributed by atoms with Crippen LogP contribution in [0.5, 0.6) is 0 Å². The van der Waals surface area contributed by atoms with E-state index >= 15 is 0 Å². The van der Waals surface area contributed by atoms with Gasteiger partial charge < -0.3 is 14.5 Å². The van der Waals surface area contributed by atoms with Crippen LogP contribution in [-0.4, -0.2) is 83.4 Å². The first-order valence-corrected chi connectivity index (χ1v) is 9.64. The zero-order chi connectivity index (χ0) is 18.7. The molecule has 2 aliphatic rings. The first-order chi connectivity index (χ1) is 12.5. The zero-order valence-corrected chi connectivity index (χ0v) is 16.3. The summed E-state index contributed by atoms with van der Waals surface area (Å²) in [5.74, 6) is 1.12. The molecule has 2 saturated heterocycles. The Labute approximate surface area is 156 Å². The van der Waals surface area contributed by atoms with Crippen molar-refractivity contribution in [1.29, 1.82) is 0 Å². The van der Waals surface area contributed by atoms with Gasteiger partial charge in [0.15, 0.2) is 5.82 Å². The molecule has 0 aromatic carbocycles. The Morgan fingerprint density at radius 1 is 1.38 bits per heavy atom. The molecule has 2 aliphatic heterocycles. The number of aromatic nitrogens is 2. The van der Waals surface area contributed by atoms with E-state index in [1.165, 1.54) is 0 Å². The van der Waals surface area contributed by atoms with E-state index in [0.717, 1.165) is 31.7 Å². The van der Waals surface area contributed by atoms with E-state index in [4.69, 9.17) is 4.74 Å². The van der Waals surface area contributed by atoms with Crippen molar-refractivity contribution in [2.45, 2.75) is 57.9 Å². The van der Waals surface area contributed by atoms with E-state index in [1.54, 1.807) is 6.20 Å². The minimum absolute atomic E-state index is 0.0992. The molecule has 0 aliphatic carbocycles. The van der Waals surface area contributed by atoms with Crippen molar-refractivity contribution in [2.75, 3.05) is 38.1 Å². The molecule has 144 valence electrons. The first kappa shape index (κ1) is 19.0. The van der Waals surface area contributed by atoms with Crippen LogP contribution >= 0.6 is 0 Å². The number of rotatable bonds is 5. The molecule has 1 aromatic heterocycles. The van der Waals surface area contributed by atoms with E-state index in [-0.39, 0.29) is 24.2 Å². The van der Waals surface area contributed by atoms with Crippen molar-refractivity contribution in [3.63, 3.8) is 0 Å². The van der Waals surface area contributed by atoms with Crippen LogP contribution in [0.2, 0.25) is 0 Å².